The summed E-state index contributed by atoms with van der Waals surface area (Å²) in [5, 5.41) is 3.40. The quantitative estimate of drug-likeness (QED) is 0.472. The minimum absolute atomic E-state index is 0.0826. The fourth-order valence-electron chi connectivity index (χ4n) is 5.34. The molecule has 1 N–H and O–H groups in total. The number of hydrogen-bond acceptors (Lipinski definition) is 2. The lowest BCUT2D eigenvalue weighted by molar-refractivity contribution is -0.0937. The van der Waals surface area contributed by atoms with Crippen molar-refractivity contribution in [3.8, 4) is 0 Å². The van der Waals surface area contributed by atoms with E-state index < -0.39 is 0 Å². The lowest BCUT2D eigenvalue weighted by Gasteiger charge is -2.59. The Morgan fingerprint density at radius 3 is 2.48 bits per heavy atom. The molecule has 1 saturated carbocycles. The Morgan fingerprint density at radius 2 is 1.97 bits per heavy atom. The Morgan fingerprint density at radius 1 is 1.21 bits per heavy atom. The molecule has 2 nitrogen and oxygen atoms in total. The molecule has 1 aromatic rings. The van der Waals surface area contributed by atoms with Gasteiger partial charge in [0, 0.05) is 13.1 Å². The molecular weight excluding hydrogens is 359 g/mol. The Labute approximate surface area is 178 Å². The van der Waals surface area contributed by atoms with E-state index in [9.17, 15) is 4.39 Å². The molecular formula is C26H41FN2. The van der Waals surface area contributed by atoms with E-state index in [2.05, 4.69) is 36.8 Å². The molecule has 29 heavy (non-hydrogen) atoms. The van der Waals surface area contributed by atoms with Crippen molar-refractivity contribution in [3.05, 3.63) is 47.8 Å². The number of hydrogen-bond donors (Lipinski definition) is 1. The smallest absolute Gasteiger partial charge is 0.126 e. The third kappa shape index (κ3) is 6.15. The van der Waals surface area contributed by atoms with Gasteiger partial charge in [-0.3, -0.25) is 0 Å². The summed E-state index contributed by atoms with van der Waals surface area (Å²) >= 11 is 0. The molecule has 3 aliphatic rings. The minimum atomic E-state index is -0.0826. The van der Waals surface area contributed by atoms with E-state index in [0.717, 1.165) is 34.8 Å². The van der Waals surface area contributed by atoms with Crippen LogP contribution in [0.25, 0.3) is 0 Å². The number of unbranched alkanes of at least 4 members (excludes halogenated alkanes) is 1. The SMILES string of the molecule is C=CCc1ccc(CCCCC2CCNCC2)cc1F.CC1CCC12CN(C)C2. The lowest BCUT2D eigenvalue weighted by Crippen LogP contribution is -2.62. The van der Waals surface area contributed by atoms with Crippen LogP contribution >= 0.6 is 0 Å². The van der Waals surface area contributed by atoms with E-state index in [0.29, 0.717) is 6.42 Å². The van der Waals surface area contributed by atoms with Crippen molar-refractivity contribution in [1.29, 1.82) is 0 Å². The van der Waals surface area contributed by atoms with Crippen molar-refractivity contribution in [2.45, 2.75) is 64.7 Å². The van der Waals surface area contributed by atoms with Gasteiger partial charge in [0.1, 0.15) is 5.82 Å². The van der Waals surface area contributed by atoms with Gasteiger partial charge in [-0.15, -0.1) is 6.58 Å². The van der Waals surface area contributed by atoms with Gasteiger partial charge in [-0.1, -0.05) is 38.0 Å². The summed E-state index contributed by atoms with van der Waals surface area (Å²) in [6.45, 7) is 11.2. The second-order valence-electron chi connectivity index (χ2n) is 9.83. The summed E-state index contributed by atoms with van der Waals surface area (Å²) in [5.74, 6) is 1.84. The minimum Gasteiger partial charge on any atom is -0.317 e. The zero-order valence-electron chi connectivity index (χ0n) is 18.7. The predicted molar refractivity (Wildman–Crippen MR) is 122 cm³/mol. The van der Waals surface area contributed by atoms with Crippen molar-refractivity contribution in [3.63, 3.8) is 0 Å². The molecule has 2 aliphatic heterocycles. The first-order chi connectivity index (χ1) is 14.0. The van der Waals surface area contributed by atoms with Gasteiger partial charge < -0.3 is 10.2 Å². The largest absolute Gasteiger partial charge is 0.317 e. The molecule has 2 saturated heterocycles. The summed E-state index contributed by atoms with van der Waals surface area (Å²) in [7, 11) is 2.22. The van der Waals surface area contributed by atoms with Gasteiger partial charge in [-0.05, 0) is 99.5 Å². The van der Waals surface area contributed by atoms with Gasteiger partial charge in [-0.25, -0.2) is 4.39 Å². The molecule has 162 valence electrons. The van der Waals surface area contributed by atoms with Gasteiger partial charge in [0.05, 0.1) is 0 Å². The number of nitrogens with one attached hydrogen (secondary N) is 1. The highest BCUT2D eigenvalue weighted by molar-refractivity contribution is 5.25. The van der Waals surface area contributed by atoms with Gasteiger partial charge in [-0.2, -0.15) is 0 Å². The van der Waals surface area contributed by atoms with Crippen LogP contribution in [0.5, 0.6) is 0 Å². The third-order valence-electron chi connectivity index (χ3n) is 7.56. The Bertz CT molecular complexity index is 644. The molecule has 1 spiro atoms. The zero-order valence-corrected chi connectivity index (χ0v) is 18.7. The fourth-order valence-corrected chi connectivity index (χ4v) is 5.34. The molecule has 1 unspecified atom stereocenters. The topological polar surface area (TPSA) is 15.3 Å². The molecule has 0 radical (unpaired) electrons. The summed E-state index contributed by atoms with van der Waals surface area (Å²) in [6, 6.07) is 5.66. The number of benzene rings is 1. The van der Waals surface area contributed by atoms with E-state index in [4.69, 9.17) is 0 Å². The average Bonchev–Trinajstić information content (AvgIpc) is 2.71. The van der Waals surface area contributed by atoms with Crippen LogP contribution in [0.2, 0.25) is 0 Å². The molecule has 0 bridgehead atoms. The van der Waals surface area contributed by atoms with Gasteiger partial charge in [0.2, 0.25) is 0 Å². The number of halogens is 1. The number of piperidine rings is 1. The normalized spacial score (nSPS) is 23.6. The van der Waals surface area contributed by atoms with Crippen molar-refractivity contribution in [1.82, 2.24) is 10.2 Å². The number of allylic oxidation sites excluding steroid dienone is 1. The van der Waals surface area contributed by atoms with Crippen LogP contribution in [0.15, 0.2) is 30.9 Å². The van der Waals surface area contributed by atoms with E-state index in [-0.39, 0.29) is 5.82 Å². The van der Waals surface area contributed by atoms with Crippen LogP contribution in [0.4, 0.5) is 4.39 Å². The van der Waals surface area contributed by atoms with Gasteiger partial charge in [0.25, 0.3) is 0 Å². The lowest BCUT2D eigenvalue weighted by atomic mass is 9.57. The second-order valence-corrected chi connectivity index (χ2v) is 9.83. The molecule has 4 rings (SSSR count). The van der Waals surface area contributed by atoms with E-state index >= 15 is 0 Å². The van der Waals surface area contributed by atoms with Crippen molar-refractivity contribution in [2.24, 2.45) is 17.3 Å². The second kappa shape index (κ2) is 10.7. The van der Waals surface area contributed by atoms with Crippen LogP contribution in [0.3, 0.4) is 0 Å². The summed E-state index contributed by atoms with van der Waals surface area (Å²) in [5.41, 5.74) is 2.67. The highest BCUT2D eigenvalue weighted by Gasteiger charge is 2.50. The number of rotatable bonds is 7. The molecule has 1 aliphatic carbocycles. The third-order valence-corrected chi connectivity index (χ3v) is 7.56. The van der Waals surface area contributed by atoms with Crippen LogP contribution in [-0.4, -0.2) is 38.1 Å². The summed E-state index contributed by atoms with van der Waals surface area (Å²) < 4.78 is 13.8. The van der Waals surface area contributed by atoms with Crippen LogP contribution in [-0.2, 0) is 12.8 Å². The van der Waals surface area contributed by atoms with Crippen LogP contribution in [0.1, 0.15) is 63.0 Å². The fraction of sp³-hybridized carbons (Fsp3) is 0.692. The molecule has 0 aromatic heterocycles. The van der Waals surface area contributed by atoms with Crippen molar-refractivity contribution >= 4 is 0 Å². The maximum atomic E-state index is 13.8. The number of likely N-dealkylation sites (tertiary alicyclic amines) is 1. The molecule has 1 atom stereocenters. The van der Waals surface area contributed by atoms with Crippen LogP contribution in [0, 0.1) is 23.1 Å². The number of nitrogens with zero attached hydrogens (tertiary/aromatic N) is 1. The molecule has 0 amide bonds. The van der Waals surface area contributed by atoms with E-state index in [1.54, 1.807) is 12.1 Å². The van der Waals surface area contributed by atoms with Gasteiger partial charge in [0.15, 0.2) is 0 Å². The maximum absolute atomic E-state index is 13.8. The summed E-state index contributed by atoms with van der Waals surface area (Å²) in [6.07, 6.45) is 12.8. The Hall–Kier alpha value is -1.19. The van der Waals surface area contributed by atoms with Crippen molar-refractivity contribution in [2.75, 3.05) is 33.2 Å². The van der Waals surface area contributed by atoms with E-state index in [1.807, 2.05) is 6.07 Å². The average molecular weight is 401 g/mol. The first-order valence-corrected chi connectivity index (χ1v) is 11.8. The highest BCUT2D eigenvalue weighted by Crippen LogP contribution is 2.51. The van der Waals surface area contributed by atoms with Crippen molar-refractivity contribution < 1.29 is 4.39 Å². The maximum Gasteiger partial charge on any atom is 0.126 e. The number of aryl methyl sites for hydroxylation is 1. The Kier molecular flexibility index (Phi) is 8.32. The summed E-state index contributed by atoms with van der Waals surface area (Å²) in [4.78, 5) is 2.43. The predicted octanol–water partition coefficient (Wildman–Crippen LogP) is 5.61. The van der Waals surface area contributed by atoms with Gasteiger partial charge >= 0.3 is 0 Å². The first kappa shape index (κ1) is 22.5. The first-order valence-electron chi connectivity index (χ1n) is 11.8. The standard InChI is InChI=1S/C18H26FN.C8H15N/c1-2-5-17-9-8-16(14-18(17)19)7-4-3-6-15-10-12-20-13-11-15;1-7-3-4-8(7)5-9(2)6-8/h2,8-9,14-15,20H,1,3-7,10-13H2;7H,3-6H2,1-2H3. The molecule has 3 heteroatoms. The van der Waals surface area contributed by atoms with E-state index in [1.165, 1.54) is 71.1 Å². The molecule has 1 aromatic carbocycles. The van der Waals surface area contributed by atoms with Crippen LogP contribution < -0.4 is 5.32 Å². The monoisotopic (exact) mass is 400 g/mol. The molecule has 3 fully saturated rings. The zero-order chi connectivity index (χ0) is 20.7. The highest BCUT2D eigenvalue weighted by atomic mass is 19.1. The molecule has 2 heterocycles. The Balaban J connectivity index is 0.000000220.